The van der Waals surface area contributed by atoms with Crippen molar-refractivity contribution in [3.63, 3.8) is 0 Å². The molecule has 0 spiro atoms. The van der Waals surface area contributed by atoms with Gasteiger partial charge in [-0.2, -0.15) is 0 Å². The number of carbonyl (C=O) groups is 1. The first-order valence-corrected chi connectivity index (χ1v) is 17.6. The number of aliphatic imine (C=N–C) groups is 1. The summed E-state index contributed by atoms with van der Waals surface area (Å²) in [6, 6.07) is 15.1. The van der Waals surface area contributed by atoms with Gasteiger partial charge in [-0.15, -0.1) is 0 Å². The highest BCUT2D eigenvalue weighted by atomic mass is 16.7. The molecular formula is C39H41N3O12. The summed E-state index contributed by atoms with van der Waals surface area (Å²) < 4.78 is 17.1. The lowest BCUT2D eigenvalue weighted by molar-refractivity contribution is -0.303. The van der Waals surface area contributed by atoms with E-state index in [-0.39, 0.29) is 23.0 Å². The van der Waals surface area contributed by atoms with E-state index in [0.29, 0.717) is 23.5 Å². The molecule has 1 aromatic heterocycles. The zero-order valence-electron chi connectivity index (χ0n) is 29.0. The summed E-state index contributed by atoms with van der Waals surface area (Å²) in [6.07, 6.45) is -0.0997. The number of ether oxygens (including phenoxy) is 2. The van der Waals surface area contributed by atoms with Gasteiger partial charge in [-0.1, -0.05) is 56.0 Å². The lowest BCUT2D eigenvalue weighted by Crippen LogP contribution is -2.70. The molecule has 2 fully saturated rings. The molecule has 4 aromatic rings. The van der Waals surface area contributed by atoms with Gasteiger partial charge in [-0.25, -0.2) is 4.79 Å². The normalized spacial score (nSPS) is 25.5. The molecule has 15 nitrogen and oxygen atoms in total. The van der Waals surface area contributed by atoms with Crippen LogP contribution in [0.25, 0.3) is 33.9 Å². The third-order valence-corrected chi connectivity index (χ3v) is 10.7. The number of phenolic OH excluding ortho intramolecular Hbond substituents is 3. The first kappa shape index (κ1) is 36.7. The van der Waals surface area contributed by atoms with Crippen LogP contribution in [0.2, 0.25) is 0 Å². The van der Waals surface area contributed by atoms with Crippen molar-refractivity contribution in [1.82, 2.24) is 0 Å². The van der Waals surface area contributed by atoms with E-state index in [1.54, 1.807) is 12.1 Å². The number of carboxylic acid groups (broad SMARTS) is 1. The molecule has 11 N–H and O–H groups in total. The van der Waals surface area contributed by atoms with Gasteiger partial charge in [0, 0.05) is 17.7 Å². The molecule has 6 atom stereocenters. The molecule has 54 heavy (non-hydrogen) atoms. The Balaban J connectivity index is 1.28. The molecule has 2 heterocycles. The third kappa shape index (κ3) is 6.71. The zero-order chi connectivity index (χ0) is 38.5. The van der Waals surface area contributed by atoms with Gasteiger partial charge in [-0.3, -0.25) is 9.79 Å². The van der Waals surface area contributed by atoms with Crippen LogP contribution in [0, 0.1) is 5.92 Å². The molecule has 1 saturated heterocycles. The number of nitrogens with zero attached hydrogens (tertiary/aromatic N) is 1. The van der Waals surface area contributed by atoms with Crippen molar-refractivity contribution in [2.24, 2.45) is 22.4 Å². The fraction of sp³-hybridized carbons (Fsp3) is 0.359. The standard InChI is InChI=1S/C39H41N3O12/c40-38(41)42-17-39(51)34(47)33(36(49)50)54-37(35(39)48)53-29-16-28-30(32(46)31(29)45)26(44)15-27(52-28)24-10-9-22(43)14-25(24)21-12-19-7-3-4-8-23(19)20(13-21)11-18-5-1-2-6-18/h3-4,7-10,12,14-16,18,20,33-35,37,43,45-48,51H,1-2,5-6,11,13,17H2,(H,49,50)(H4,40,41,42)/t20-,33-,34+,35-,37+,39-/m0/s1. The molecule has 0 radical (unpaired) electrons. The molecule has 1 saturated carbocycles. The predicted molar refractivity (Wildman–Crippen MR) is 196 cm³/mol. The van der Waals surface area contributed by atoms with E-state index in [1.807, 2.05) is 12.1 Å². The van der Waals surface area contributed by atoms with Gasteiger partial charge in [0.05, 0.1) is 6.54 Å². The average Bonchev–Trinajstić information content (AvgIpc) is 3.65. The molecule has 0 unspecified atom stereocenters. The number of phenols is 3. The van der Waals surface area contributed by atoms with E-state index in [9.17, 15) is 45.3 Å². The molecule has 284 valence electrons. The Kier molecular flexibility index (Phi) is 9.74. The third-order valence-electron chi connectivity index (χ3n) is 10.7. The van der Waals surface area contributed by atoms with Crippen LogP contribution in [0.5, 0.6) is 23.0 Å². The minimum absolute atomic E-state index is 0.00198. The Hall–Kier alpha value is -5.61. The molecule has 3 aromatic carbocycles. The summed E-state index contributed by atoms with van der Waals surface area (Å²) in [5.74, 6) is -3.94. The maximum absolute atomic E-state index is 13.6. The van der Waals surface area contributed by atoms with Crippen molar-refractivity contribution in [2.45, 2.75) is 74.6 Å². The number of benzene rings is 3. The number of guanidine groups is 1. The average molecular weight is 744 g/mol. The van der Waals surface area contributed by atoms with E-state index >= 15 is 0 Å². The highest BCUT2D eigenvalue weighted by molar-refractivity contribution is 5.93. The van der Waals surface area contributed by atoms with Crippen LogP contribution in [0.1, 0.15) is 61.1 Å². The number of aliphatic hydroxyl groups is 3. The van der Waals surface area contributed by atoms with E-state index in [1.165, 1.54) is 37.3 Å². The monoisotopic (exact) mass is 743 g/mol. The van der Waals surface area contributed by atoms with Crippen molar-refractivity contribution in [1.29, 1.82) is 0 Å². The molecule has 1 aliphatic heterocycles. The van der Waals surface area contributed by atoms with Crippen molar-refractivity contribution in [2.75, 3.05) is 6.54 Å². The Labute approximate surface area is 308 Å². The van der Waals surface area contributed by atoms with Crippen LogP contribution in [0.15, 0.2) is 68.8 Å². The number of rotatable bonds is 9. The predicted octanol–water partition coefficient (Wildman–Crippen LogP) is 3.10. The lowest BCUT2D eigenvalue weighted by Gasteiger charge is -2.45. The van der Waals surface area contributed by atoms with Crippen LogP contribution < -0.4 is 21.6 Å². The van der Waals surface area contributed by atoms with Crippen molar-refractivity contribution in [3.8, 4) is 34.3 Å². The largest absolute Gasteiger partial charge is 0.508 e. The SMILES string of the molecule is NC(N)=NC[C@]1(O)[C@H](O)[C@@H](C(=O)O)O[C@@H](Oc2cc3oc(-c4ccc(O)cc4C4=Cc5ccccc5[C@@H](CC5CCCC5)C4)cc(=O)c3c(O)c2O)[C@@H]1O. The number of allylic oxidation sites excluding steroid dienone is 1. The number of fused-ring (bicyclic) bond motifs is 2. The van der Waals surface area contributed by atoms with Gasteiger partial charge in [0.25, 0.3) is 0 Å². The summed E-state index contributed by atoms with van der Waals surface area (Å²) in [5, 5.41) is 74.6. The van der Waals surface area contributed by atoms with Gasteiger partial charge in [0.2, 0.25) is 12.0 Å². The van der Waals surface area contributed by atoms with Crippen molar-refractivity contribution in [3.05, 3.63) is 81.5 Å². The van der Waals surface area contributed by atoms with Gasteiger partial charge in [0.1, 0.15) is 40.3 Å². The van der Waals surface area contributed by atoms with Crippen LogP contribution in [-0.4, -0.2) is 84.4 Å². The Morgan fingerprint density at radius 1 is 0.963 bits per heavy atom. The molecule has 15 heteroatoms. The van der Waals surface area contributed by atoms with Gasteiger partial charge in [-0.05, 0) is 65.1 Å². The highest BCUT2D eigenvalue weighted by Gasteiger charge is 2.58. The van der Waals surface area contributed by atoms with E-state index in [4.69, 9.17) is 25.4 Å². The van der Waals surface area contributed by atoms with Crippen LogP contribution in [-0.2, 0) is 9.53 Å². The molecule has 3 aliphatic rings. The lowest BCUT2D eigenvalue weighted by atomic mass is 9.76. The second-order valence-electron chi connectivity index (χ2n) is 14.2. The van der Waals surface area contributed by atoms with Crippen molar-refractivity contribution < 1.29 is 54.4 Å². The summed E-state index contributed by atoms with van der Waals surface area (Å²) in [7, 11) is 0. The molecule has 7 rings (SSSR count). The number of aliphatic hydroxyl groups excluding tert-OH is 2. The van der Waals surface area contributed by atoms with Gasteiger partial charge in [0.15, 0.2) is 29.0 Å². The number of carboxylic acids is 1. The number of hydrogen-bond acceptors (Lipinski definition) is 12. The Morgan fingerprint density at radius 3 is 2.43 bits per heavy atom. The van der Waals surface area contributed by atoms with Crippen molar-refractivity contribution >= 4 is 34.5 Å². The molecule has 0 amide bonds. The second-order valence-corrected chi connectivity index (χ2v) is 14.2. The van der Waals surface area contributed by atoms with Gasteiger partial charge >= 0.3 is 5.97 Å². The maximum atomic E-state index is 13.6. The Morgan fingerprint density at radius 2 is 1.70 bits per heavy atom. The Bertz CT molecular complexity index is 2220. The summed E-state index contributed by atoms with van der Waals surface area (Å²) >= 11 is 0. The number of aliphatic carboxylic acids is 1. The molecular weight excluding hydrogens is 702 g/mol. The van der Waals surface area contributed by atoms with Gasteiger partial charge < -0.3 is 61.1 Å². The summed E-state index contributed by atoms with van der Waals surface area (Å²) in [4.78, 5) is 29.1. The first-order chi connectivity index (χ1) is 25.7. The first-order valence-electron chi connectivity index (χ1n) is 17.6. The number of aromatic hydroxyl groups is 3. The number of nitrogens with two attached hydrogens (primary N) is 2. The van der Waals surface area contributed by atoms with E-state index in [0.717, 1.165) is 29.7 Å². The highest BCUT2D eigenvalue weighted by Crippen LogP contribution is 2.47. The van der Waals surface area contributed by atoms with Crippen LogP contribution in [0.4, 0.5) is 0 Å². The minimum Gasteiger partial charge on any atom is -0.508 e. The fourth-order valence-electron chi connectivity index (χ4n) is 7.97. The second kappa shape index (κ2) is 14.3. The zero-order valence-corrected chi connectivity index (χ0v) is 29.0. The quantitative estimate of drug-likeness (QED) is 0.0677. The number of hydrogen-bond donors (Lipinski definition) is 9. The smallest absolute Gasteiger partial charge is 0.335 e. The van der Waals surface area contributed by atoms with E-state index < -0.39 is 76.7 Å². The topological polar surface area (TPSA) is 272 Å². The van der Waals surface area contributed by atoms with Crippen LogP contribution in [0.3, 0.4) is 0 Å². The van der Waals surface area contributed by atoms with Crippen LogP contribution >= 0.6 is 0 Å². The maximum Gasteiger partial charge on any atom is 0.335 e. The summed E-state index contributed by atoms with van der Waals surface area (Å²) in [5.41, 5.74) is 11.3. The molecule has 0 bridgehead atoms. The molecule has 2 aliphatic carbocycles. The fourth-order valence-corrected chi connectivity index (χ4v) is 7.97. The van der Waals surface area contributed by atoms with E-state index in [2.05, 4.69) is 23.2 Å². The minimum atomic E-state index is -2.72. The summed E-state index contributed by atoms with van der Waals surface area (Å²) in [6.45, 7) is -0.865.